The average Bonchev–Trinajstić information content (AvgIpc) is 3.86. The Morgan fingerprint density at radius 1 is 0.769 bits per heavy atom. The number of carbonyl (C=O) groups is 2. The predicted molar refractivity (Wildman–Crippen MR) is 274 cm³/mol. The standard InChI is InChI=1S/C20H18N4O2S.C18H21BrN4O2S.3C4H10/c21-10-14-11-22-19(23-15-7-4-8-24(12-15)20(25)26)16-9-17(27-18(14)16)13-5-2-1-3-6-13;1-18(2,3)25-17(24)23-6-4-5-12(10-23)22-16-13-7-14(19)26-15(13)11(8-20)9-21-16;3*1-4(2)3/h1-3,5-6,9,11,15H,4,7-8,12H2,(H,22,23)(H,25,26);7,9,12H,4-6,10H2,1-3H3,(H,21,22);3*4H,1-3H3/t15-;12-;;;/m00.../s1. The van der Waals surface area contributed by atoms with Crippen LogP contribution in [-0.4, -0.2) is 80.9 Å². The van der Waals surface area contributed by atoms with Crippen molar-refractivity contribution >= 4 is 82.6 Å². The Morgan fingerprint density at radius 2 is 1.22 bits per heavy atom. The third kappa shape index (κ3) is 18.4. The van der Waals surface area contributed by atoms with Crippen molar-refractivity contribution in [1.82, 2.24) is 19.8 Å². The average molecular weight is 990 g/mol. The third-order valence-electron chi connectivity index (χ3n) is 8.82. The molecule has 6 heterocycles. The fraction of sp³-hybridized carbons (Fsp3) is 0.520. The topological polar surface area (TPSA) is 167 Å². The first-order valence-corrected chi connectivity index (χ1v) is 24.9. The van der Waals surface area contributed by atoms with Gasteiger partial charge in [0.1, 0.15) is 29.4 Å². The Morgan fingerprint density at radius 3 is 1.68 bits per heavy atom. The Labute approximate surface area is 403 Å². The van der Waals surface area contributed by atoms with E-state index in [-0.39, 0.29) is 18.2 Å². The number of anilines is 2. The first-order chi connectivity index (χ1) is 30.6. The van der Waals surface area contributed by atoms with Crippen molar-refractivity contribution < 1.29 is 19.4 Å². The number of nitrogens with one attached hydrogen (secondary N) is 2. The van der Waals surface area contributed by atoms with E-state index in [0.717, 1.165) is 83.7 Å². The monoisotopic (exact) mass is 988 g/mol. The molecular formula is C50H69BrN8O4S2. The van der Waals surface area contributed by atoms with Gasteiger partial charge in [-0.2, -0.15) is 10.5 Å². The van der Waals surface area contributed by atoms with Crippen molar-refractivity contribution in [2.24, 2.45) is 17.8 Å². The molecule has 15 heteroatoms. The van der Waals surface area contributed by atoms with E-state index >= 15 is 0 Å². The number of thiophene rings is 2. The molecule has 352 valence electrons. The van der Waals surface area contributed by atoms with Crippen LogP contribution in [0.25, 0.3) is 30.6 Å². The SMILES string of the molecule is CC(C)(C)OC(=O)N1CCC[C@H](Nc2ncc(C#N)c3sc(Br)cc23)C1.CC(C)C.CC(C)C.CC(C)C.N#Cc1cnc(N[C@H]2CCCN(C(=O)O)C2)c2cc(-c3ccccc3)sc12. The Hall–Kier alpha value is -4.96. The van der Waals surface area contributed by atoms with Crippen LogP contribution in [-0.2, 0) is 4.74 Å². The summed E-state index contributed by atoms with van der Waals surface area (Å²) in [5.41, 5.74) is 1.73. The summed E-state index contributed by atoms with van der Waals surface area (Å²) < 4.78 is 8.26. The van der Waals surface area contributed by atoms with Gasteiger partial charge in [0, 0.05) is 66.3 Å². The highest BCUT2D eigenvalue weighted by Gasteiger charge is 2.29. The minimum absolute atomic E-state index is 0.0126. The maximum absolute atomic E-state index is 12.3. The summed E-state index contributed by atoms with van der Waals surface area (Å²) in [4.78, 5) is 36.7. The number of ether oxygens (including phenoxy) is 1. The van der Waals surface area contributed by atoms with Gasteiger partial charge in [-0.25, -0.2) is 19.6 Å². The molecule has 0 aliphatic carbocycles. The molecule has 12 nitrogen and oxygen atoms in total. The van der Waals surface area contributed by atoms with E-state index in [1.54, 1.807) is 28.6 Å². The van der Waals surface area contributed by atoms with Crippen molar-refractivity contribution in [1.29, 1.82) is 10.5 Å². The minimum Gasteiger partial charge on any atom is -0.465 e. The van der Waals surface area contributed by atoms with Gasteiger partial charge in [0.15, 0.2) is 0 Å². The van der Waals surface area contributed by atoms with Gasteiger partial charge in [0.05, 0.1) is 24.3 Å². The maximum Gasteiger partial charge on any atom is 0.410 e. The van der Waals surface area contributed by atoms with E-state index in [2.05, 4.69) is 117 Å². The lowest BCUT2D eigenvalue weighted by Crippen LogP contribution is -2.47. The molecule has 0 bridgehead atoms. The molecule has 7 rings (SSSR count). The molecule has 2 aliphatic rings. The van der Waals surface area contributed by atoms with Gasteiger partial charge in [-0.15, -0.1) is 22.7 Å². The van der Waals surface area contributed by atoms with Crippen molar-refractivity contribution in [3.63, 3.8) is 0 Å². The number of piperidine rings is 2. The van der Waals surface area contributed by atoms with Crippen LogP contribution in [0.4, 0.5) is 21.2 Å². The van der Waals surface area contributed by atoms with Gasteiger partial charge >= 0.3 is 12.2 Å². The van der Waals surface area contributed by atoms with Gasteiger partial charge in [-0.3, -0.25) is 0 Å². The van der Waals surface area contributed by atoms with E-state index in [1.165, 1.54) is 16.2 Å². The zero-order valence-corrected chi connectivity index (χ0v) is 43.5. The molecule has 2 atom stereocenters. The largest absolute Gasteiger partial charge is 0.465 e. The van der Waals surface area contributed by atoms with Crippen LogP contribution in [0.3, 0.4) is 0 Å². The molecule has 1 aromatic carbocycles. The number of hydrogen-bond acceptors (Lipinski definition) is 11. The fourth-order valence-electron chi connectivity index (χ4n) is 6.40. The Bertz CT molecular complexity index is 2340. The number of halogens is 1. The zero-order chi connectivity index (χ0) is 48.4. The number of aromatic nitrogens is 2. The molecule has 3 N–H and O–H groups in total. The summed E-state index contributed by atoms with van der Waals surface area (Å²) in [5.74, 6) is 3.96. The molecule has 2 amide bonds. The van der Waals surface area contributed by atoms with Crippen LogP contribution < -0.4 is 10.6 Å². The molecule has 4 aromatic heterocycles. The fourth-order valence-corrected chi connectivity index (χ4v) is 9.08. The van der Waals surface area contributed by atoms with E-state index in [4.69, 9.17) is 4.74 Å². The number of nitriles is 2. The molecule has 0 saturated carbocycles. The normalized spacial score (nSPS) is 15.8. The number of carbonyl (C=O) groups excluding carboxylic acids is 1. The van der Waals surface area contributed by atoms with Gasteiger partial charge in [-0.1, -0.05) is 92.6 Å². The maximum atomic E-state index is 12.3. The van der Waals surface area contributed by atoms with Crippen molar-refractivity contribution in [2.75, 3.05) is 36.8 Å². The number of pyridine rings is 2. The number of hydrogen-bond donors (Lipinski definition) is 3. The summed E-state index contributed by atoms with van der Waals surface area (Å²) in [6.45, 7) is 27.4. The van der Waals surface area contributed by atoms with E-state index < -0.39 is 11.7 Å². The predicted octanol–water partition coefficient (Wildman–Crippen LogP) is 14.1. The molecule has 2 fully saturated rings. The molecule has 0 radical (unpaired) electrons. The van der Waals surface area contributed by atoms with Crippen molar-refractivity contribution in [3.8, 4) is 22.6 Å². The number of likely N-dealkylation sites (tertiary alicyclic amines) is 2. The third-order valence-corrected chi connectivity index (χ3v) is 11.7. The van der Waals surface area contributed by atoms with Gasteiger partial charge in [0.2, 0.25) is 0 Å². The molecule has 5 aromatic rings. The molecular weight excluding hydrogens is 921 g/mol. The van der Waals surface area contributed by atoms with Crippen LogP contribution in [0.1, 0.15) is 120 Å². The number of nitrogens with zero attached hydrogens (tertiary/aromatic N) is 6. The zero-order valence-electron chi connectivity index (χ0n) is 40.3. The molecule has 65 heavy (non-hydrogen) atoms. The summed E-state index contributed by atoms with van der Waals surface area (Å²) in [5, 5.41) is 36.6. The highest BCUT2D eigenvalue weighted by molar-refractivity contribution is 9.11. The van der Waals surface area contributed by atoms with Crippen LogP contribution >= 0.6 is 38.6 Å². The second-order valence-electron chi connectivity index (χ2n) is 19.1. The summed E-state index contributed by atoms with van der Waals surface area (Å²) in [6.07, 6.45) is 5.60. The van der Waals surface area contributed by atoms with Crippen LogP contribution in [0.15, 0.2) is 58.6 Å². The van der Waals surface area contributed by atoms with Crippen molar-refractivity contribution in [2.45, 2.75) is 126 Å². The lowest BCUT2D eigenvalue weighted by Gasteiger charge is -2.34. The second-order valence-corrected chi connectivity index (χ2v) is 22.6. The molecule has 2 saturated heterocycles. The highest BCUT2D eigenvalue weighted by atomic mass is 79.9. The first kappa shape index (κ1) is 54.4. The van der Waals surface area contributed by atoms with Gasteiger partial charge < -0.3 is 30.3 Å². The molecule has 2 aliphatic heterocycles. The second kappa shape index (κ2) is 26.3. The summed E-state index contributed by atoms with van der Waals surface area (Å²) in [6, 6.07) is 18.6. The lowest BCUT2D eigenvalue weighted by atomic mass is 10.1. The number of carboxylic acid groups (broad SMARTS) is 1. The Balaban J connectivity index is 0.000000277. The summed E-state index contributed by atoms with van der Waals surface area (Å²) in [7, 11) is 0. The smallest absolute Gasteiger partial charge is 0.410 e. The van der Waals surface area contributed by atoms with Gasteiger partial charge in [-0.05, 0) is 97.8 Å². The van der Waals surface area contributed by atoms with E-state index in [1.807, 2.05) is 57.2 Å². The van der Waals surface area contributed by atoms with Crippen molar-refractivity contribution in [3.05, 3.63) is 69.8 Å². The molecule has 0 spiro atoms. The number of amides is 2. The number of benzene rings is 1. The number of fused-ring (bicyclic) bond motifs is 2. The van der Waals surface area contributed by atoms with Crippen LogP contribution in [0.5, 0.6) is 0 Å². The number of rotatable bonds is 5. The molecule has 0 unspecified atom stereocenters. The van der Waals surface area contributed by atoms with Crippen LogP contribution in [0, 0.1) is 40.4 Å². The highest BCUT2D eigenvalue weighted by Crippen LogP contribution is 2.39. The Kier molecular flexibility index (Phi) is 22.0. The van der Waals surface area contributed by atoms with E-state index in [0.29, 0.717) is 43.1 Å². The van der Waals surface area contributed by atoms with Crippen LogP contribution in [0.2, 0.25) is 0 Å². The van der Waals surface area contributed by atoms with Gasteiger partial charge in [0.25, 0.3) is 0 Å². The summed E-state index contributed by atoms with van der Waals surface area (Å²) >= 11 is 6.59. The minimum atomic E-state index is -0.888. The lowest BCUT2D eigenvalue weighted by molar-refractivity contribution is 0.0206. The first-order valence-electron chi connectivity index (χ1n) is 22.5. The quantitative estimate of drug-likeness (QED) is 0.154. The van der Waals surface area contributed by atoms with E-state index in [9.17, 15) is 25.2 Å².